The van der Waals surface area contributed by atoms with Crippen LogP contribution in [-0.2, 0) is 19.4 Å². The zero-order chi connectivity index (χ0) is 16.4. The molecule has 0 saturated carbocycles. The maximum absolute atomic E-state index is 12.4. The van der Waals surface area contributed by atoms with Crippen molar-refractivity contribution in [3.63, 3.8) is 0 Å². The van der Waals surface area contributed by atoms with E-state index in [1.807, 2.05) is 0 Å². The van der Waals surface area contributed by atoms with E-state index in [1.165, 1.54) is 0 Å². The van der Waals surface area contributed by atoms with E-state index in [-0.39, 0.29) is 15.5 Å². The number of halogens is 3. The Morgan fingerprint density at radius 2 is 1.67 bits per heavy atom. The van der Waals surface area contributed by atoms with Gasteiger partial charge in [0.1, 0.15) is 6.54 Å². The first-order chi connectivity index (χ1) is 9.43. The van der Waals surface area contributed by atoms with Gasteiger partial charge in [-0.1, -0.05) is 0 Å². The van der Waals surface area contributed by atoms with Crippen molar-refractivity contribution < 1.29 is 36.3 Å². The number of rotatable bonds is 4. The lowest BCUT2D eigenvalue weighted by atomic mass is 10.2. The van der Waals surface area contributed by atoms with Gasteiger partial charge < -0.3 is 5.11 Å². The Bertz CT molecular complexity index is 651. The highest BCUT2D eigenvalue weighted by Gasteiger charge is 2.43. The molecule has 1 rings (SSSR count). The van der Waals surface area contributed by atoms with Crippen LogP contribution in [0.2, 0.25) is 0 Å². The average molecular weight is 325 g/mol. The summed E-state index contributed by atoms with van der Waals surface area (Å²) in [6, 6.07) is 3.85. The molecular weight excluding hydrogens is 315 g/mol. The molecule has 0 aliphatic rings. The van der Waals surface area contributed by atoms with E-state index >= 15 is 0 Å². The molecule has 0 aromatic heterocycles. The zero-order valence-corrected chi connectivity index (χ0v) is 11.4. The molecule has 10 heteroatoms. The monoisotopic (exact) mass is 325 g/mol. The van der Waals surface area contributed by atoms with Crippen molar-refractivity contribution in [2.45, 2.75) is 11.1 Å². The second-order valence-corrected chi connectivity index (χ2v) is 6.06. The van der Waals surface area contributed by atoms with Crippen LogP contribution in [0.5, 0.6) is 0 Å². The van der Waals surface area contributed by atoms with Gasteiger partial charge in [-0.25, -0.2) is 8.42 Å². The van der Waals surface area contributed by atoms with Crippen LogP contribution >= 0.6 is 0 Å². The van der Waals surface area contributed by atoms with E-state index in [1.54, 1.807) is 0 Å². The molecule has 1 N–H and O–H groups in total. The van der Waals surface area contributed by atoms with Crippen molar-refractivity contribution in [3.8, 4) is 0 Å². The second kappa shape index (κ2) is 5.72. The lowest BCUT2D eigenvalue weighted by Crippen LogP contribution is -2.44. The van der Waals surface area contributed by atoms with Crippen LogP contribution in [0.25, 0.3) is 0 Å². The predicted octanol–water partition coefficient (Wildman–Crippen LogP) is 1.07. The summed E-state index contributed by atoms with van der Waals surface area (Å²) >= 11 is 0. The van der Waals surface area contributed by atoms with E-state index in [0.29, 0.717) is 0 Å². The van der Waals surface area contributed by atoms with E-state index in [2.05, 4.69) is 0 Å². The zero-order valence-electron chi connectivity index (χ0n) is 10.6. The number of sulfone groups is 1. The Kier molecular flexibility index (Phi) is 4.62. The van der Waals surface area contributed by atoms with Gasteiger partial charge in [-0.15, -0.1) is 0 Å². The van der Waals surface area contributed by atoms with Crippen molar-refractivity contribution >= 4 is 27.4 Å². The summed E-state index contributed by atoms with van der Waals surface area (Å²) in [5.74, 6) is -3.99. The topological polar surface area (TPSA) is 91.8 Å². The first-order valence-corrected chi connectivity index (χ1v) is 7.22. The van der Waals surface area contributed by atoms with E-state index in [0.717, 1.165) is 30.5 Å². The molecule has 0 fully saturated rings. The number of hydrogen-bond donors (Lipinski definition) is 1. The Morgan fingerprint density at radius 1 is 1.19 bits per heavy atom. The molecule has 1 amide bonds. The van der Waals surface area contributed by atoms with Crippen LogP contribution in [0.3, 0.4) is 0 Å². The number of hydrogen-bond acceptors (Lipinski definition) is 4. The number of carbonyl (C=O) groups is 2. The molecule has 0 radical (unpaired) electrons. The number of carbonyl (C=O) groups excluding carboxylic acids is 1. The van der Waals surface area contributed by atoms with E-state index in [4.69, 9.17) is 5.11 Å². The summed E-state index contributed by atoms with van der Waals surface area (Å²) in [4.78, 5) is 21.6. The van der Waals surface area contributed by atoms with Crippen molar-refractivity contribution in [2.24, 2.45) is 0 Å². The Hall–Kier alpha value is -2.10. The minimum atomic E-state index is -5.25. The summed E-state index contributed by atoms with van der Waals surface area (Å²) in [7, 11) is -3.56. The van der Waals surface area contributed by atoms with Gasteiger partial charge in [0, 0.05) is 11.9 Å². The smallest absolute Gasteiger partial charge is 0.471 e. The Labute approximate surface area is 117 Å². The number of benzene rings is 1. The van der Waals surface area contributed by atoms with Crippen molar-refractivity contribution in [1.82, 2.24) is 0 Å². The second-order valence-electron chi connectivity index (χ2n) is 4.05. The molecule has 21 heavy (non-hydrogen) atoms. The van der Waals surface area contributed by atoms with Gasteiger partial charge in [0.25, 0.3) is 0 Å². The lowest BCUT2D eigenvalue weighted by molar-refractivity contribution is -0.170. The van der Waals surface area contributed by atoms with Crippen LogP contribution in [0, 0.1) is 0 Å². The summed E-state index contributed by atoms with van der Waals surface area (Å²) in [5, 5.41) is 8.59. The van der Waals surface area contributed by atoms with Crippen LogP contribution in [0.1, 0.15) is 0 Å². The SMILES string of the molecule is CS(=O)(=O)c1ccc(N(CC(=O)O)C(=O)C(F)(F)F)cc1. The molecular formula is C11H10F3NO5S. The molecule has 0 aliphatic carbocycles. The molecule has 6 nitrogen and oxygen atoms in total. The maximum atomic E-state index is 12.4. The number of amides is 1. The molecule has 0 saturated heterocycles. The van der Waals surface area contributed by atoms with E-state index in [9.17, 15) is 31.2 Å². The van der Waals surface area contributed by atoms with Gasteiger partial charge in [0.2, 0.25) is 0 Å². The van der Waals surface area contributed by atoms with Crippen LogP contribution in [0.15, 0.2) is 29.2 Å². The largest absolute Gasteiger partial charge is 0.480 e. The summed E-state index contributed by atoms with van der Waals surface area (Å²) in [5.41, 5.74) is -0.368. The minimum absolute atomic E-state index is 0.00833. The number of aliphatic carboxylic acids is 1. The molecule has 1 aromatic carbocycles. The third-order valence-corrected chi connectivity index (χ3v) is 3.49. The van der Waals surface area contributed by atoms with Gasteiger partial charge in [0.05, 0.1) is 4.90 Å². The maximum Gasteiger partial charge on any atom is 0.471 e. The molecule has 0 unspecified atom stereocenters. The van der Waals surface area contributed by atoms with E-state index < -0.39 is 34.4 Å². The fraction of sp³-hybridized carbons (Fsp3) is 0.273. The van der Waals surface area contributed by atoms with Gasteiger partial charge in [-0.05, 0) is 24.3 Å². The van der Waals surface area contributed by atoms with Crippen LogP contribution < -0.4 is 4.90 Å². The number of anilines is 1. The highest BCUT2D eigenvalue weighted by molar-refractivity contribution is 7.90. The normalized spacial score (nSPS) is 12.0. The minimum Gasteiger partial charge on any atom is -0.480 e. The number of carboxylic acid groups (broad SMARTS) is 1. The average Bonchev–Trinajstić information content (AvgIpc) is 2.33. The Balaban J connectivity index is 3.22. The molecule has 1 aromatic rings. The molecule has 116 valence electrons. The Morgan fingerprint density at radius 3 is 2.00 bits per heavy atom. The highest BCUT2D eigenvalue weighted by Crippen LogP contribution is 2.24. The van der Waals surface area contributed by atoms with Crippen molar-refractivity contribution in [1.29, 1.82) is 0 Å². The summed E-state index contributed by atoms with van der Waals surface area (Å²) in [6.07, 6.45) is -4.34. The summed E-state index contributed by atoms with van der Waals surface area (Å²) < 4.78 is 59.7. The fourth-order valence-corrected chi connectivity index (χ4v) is 2.07. The van der Waals surface area contributed by atoms with Crippen molar-refractivity contribution in [3.05, 3.63) is 24.3 Å². The first kappa shape index (κ1) is 17.0. The third-order valence-electron chi connectivity index (χ3n) is 2.36. The molecule has 0 heterocycles. The third kappa shape index (κ3) is 4.45. The summed E-state index contributed by atoms with van der Waals surface area (Å²) in [6.45, 7) is -1.20. The van der Waals surface area contributed by atoms with Gasteiger partial charge in [-0.3, -0.25) is 14.5 Å². The number of nitrogens with zero attached hydrogens (tertiary/aromatic N) is 1. The van der Waals surface area contributed by atoms with Crippen LogP contribution in [0.4, 0.5) is 18.9 Å². The highest BCUT2D eigenvalue weighted by atomic mass is 32.2. The lowest BCUT2D eigenvalue weighted by Gasteiger charge is -2.22. The van der Waals surface area contributed by atoms with Crippen LogP contribution in [-0.4, -0.2) is 44.4 Å². The van der Waals surface area contributed by atoms with Gasteiger partial charge in [-0.2, -0.15) is 13.2 Å². The molecule has 0 atom stereocenters. The van der Waals surface area contributed by atoms with Crippen molar-refractivity contribution in [2.75, 3.05) is 17.7 Å². The molecule has 0 spiro atoms. The predicted molar refractivity (Wildman–Crippen MR) is 65.6 cm³/mol. The number of alkyl halides is 3. The van der Waals surface area contributed by atoms with Gasteiger partial charge in [0.15, 0.2) is 9.84 Å². The van der Waals surface area contributed by atoms with Gasteiger partial charge >= 0.3 is 18.1 Å². The molecule has 0 aliphatic heterocycles. The fourth-order valence-electron chi connectivity index (χ4n) is 1.44. The first-order valence-electron chi connectivity index (χ1n) is 5.33. The standard InChI is InChI=1S/C11H10F3NO5S/c1-21(19,20)8-4-2-7(3-5-8)15(6-9(16)17)10(18)11(12,13)14/h2-5H,6H2,1H3,(H,16,17). The molecule has 0 bridgehead atoms. The quantitative estimate of drug-likeness (QED) is 0.894. The number of carboxylic acids is 1.